The van der Waals surface area contributed by atoms with Crippen molar-refractivity contribution in [2.24, 2.45) is 0 Å². The molecule has 0 saturated carbocycles. The molecule has 0 fully saturated rings. The van der Waals surface area contributed by atoms with Crippen molar-refractivity contribution in [1.29, 1.82) is 0 Å². The summed E-state index contributed by atoms with van der Waals surface area (Å²) in [7, 11) is 0. The van der Waals surface area contributed by atoms with Crippen molar-refractivity contribution in [3.05, 3.63) is 29.3 Å². The Balaban J connectivity index is 0.000000845. The third-order valence-electron chi connectivity index (χ3n) is 2.30. The van der Waals surface area contributed by atoms with Gasteiger partial charge in [0.05, 0.1) is 0 Å². The van der Waals surface area contributed by atoms with E-state index < -0.39 is 0 Å². The topological polar surface area (TPSA) is 32.3 Å². The Morgan fingerprint density at radius 2 is 2.08 bits per heavy atom. The van der Waals surface area contributed by atoms with Crippen molar-refractivity contribution < 1.29 is 5.11 Å². The molecule has 1 aromatic rings. The van der Waals surface area contributed by atoms with Gasteiger partial charge < -0.3 is 10.4 Å². The van der Waals surface area contributed by atoms with Gasteiger partial charge in [-0.25, -0.2) is 0 Å². The van der Waals surface area contributed by atoms with E-state index in [9.17, 15) is 5.11 Å². The molecule has 72 valence electrons. The molecule has 0 radical (unpaired) electrons. The highest BCUT2D eigenvalue weighted by molar-refractivity contribution is 8.93. The summed E-state index contributed by atoms with van der Waals surface area (Å²) < 4.78 is 0. The molecule has 13 heavy (non-hydrogen) atoms. The van der Waals surface area contributed by atoms with Crippen LogP contribution in [0.15, 0.2) is 18.2 Å². The predicted molar refractivity (Wildman–Crippen MR) is 58.5 cm³/mol. The summed E-state index contributed by atoms with van der Waals surface area (Å²) in [6.07, 6.45) is 2.24. The third kappa shape index (κ3) is 2.45. The van der Waals surface area contributed by atoms with Crippen LogP contribution in [0.1, 0.15) is 17.5 Å². The quantitative estimate of drug-likeness (QED) is 0.731. The van der Waals surface area contributed by atoms with Crippen molar-refractivity contribution in [3.8, 4) is 5.75 Å². The molecule has 1 heterocycles. The van der Waals surface area contributed by atoms with Crippen LogP contribution in [0, 0.1) is 0 Å². The second kappa shape index (κ2) is 4.63. The predicted octanol–water partition coefficient (Wildman–Crippen LogP) is 2.01. The van der Waals surface area contributed by atoms with Crippen molar-refractivity contribution in [2.75, 3.05) is 6.54 Å². The van der Waals surface area contributed by atoms with Crippen LogP contribution in [0.4, 0.5) is 0 Å². The summed E-state index contributed by atoms with van der Waals surface area (Å²) in [5.74, 6) is 0.385. The lowest BCUT2D eigenvalue weighted by Crippen LogP contribution is -2.11. The minimum absolute atomic E-state index is 0. The van der Waals surface area contributed by atoms with E-state index in [4.69, 9.17) is 0 Å². The second-order valence-electron chi connectivity index (χ2n) is 3.23. The summed E-state index contributed by atoms with van der Waals surface area (Å²) in [6, 6.07) is 5.64. The van der Waals surface area contributed by atoms with Gasteiger partial charge in [0.1, 0.15) is 5.75 Å². The molecule has 2 N–H and O–H groups in total. The van der Waals surface area contributed by atoms with E-state index in [2.05, 4.69) is 5.32 Å². The monoisotopic (exact) mass is 243 g/mol. The Morgan fingerprint density at radius 1 is 1.23 bits per heavy atom. The fraction of sp³-hybridized carbons (Fsp3) is 0.400. The van der Waals surface area contributed by atoms with Crippen LogP contribution >= 0.6 is 17.0 Å². The highest BCUT2D eigenvalue weighted by Crippen LogP contribution is 2.19. The van der Waals surface area contributed by atoms with E-state index in [1.54, 1.807) is 6.07 Å². The number of benzene rings is 1. The van der Waals surface area contributed by atoms with Crippen LogP contribution in [-0.4, -0.2) is 11.7 Å². The van der Waals surface area contributed by atoms with Crippen LogP contribution in [0.25, 0.3) is 0 Å². The van der Waals surface area contributed by atoms with E-state index in [1.807, 2.05) is 12.1 Å². The van der Waals surface area contributed by atoms with Crippen LogP contribution in [-0.2, 0) is 13.0 Å². The highest BCUT2D eigenvalue weighted by atomic mass is 79.9. The number of rotatable bonds is 0. The number of hydrogen-bond donors (Lipinski definition) is 2. The average Bonchev–Trinajstić information content (AvgIpc) is 2.28. The van der Waals surface area contributed by atoms with Crippen molar-refractivity contribution >= 4 is 17.0 Å². The highest BCUT2D eigenvalue weighted by Gasteiger charge is 2.06. The molecule has 1 aliphatic heterocycles. The number of halogens is 1. The van der Waals surface area contributed by atoms with Crippen LogP contribution in [0.5, 0.6) is 5.75 Å². The first-order valence-electron chi connectivity index (χ1n) is 4.38. The normalized spacial score (nSPS) is 15.4. The lowest BCUT2D eigenvalue weighted by Gasteiger charge is -2.04. The number of phenolic OH excluding ortho intramolecular Hbond substituents is 1. The van der Waals surface area contributed by atoms with Gasteiger partial charge in [0, 0.05) is 6.54 Å². The first-order valence-corrected chi connectivity index (χ1v) is 4.38. The zero-order valence-electron chi connectivity index (χ0n) is 7.42. The number of aryl methyl sites for hydroxylation is 1. The summed E-state index contributed by atoms with van der Waals surface area (Å²) in [5.41, 5.74) is 2.62. The van der Waals surface area contributed by atoms with E-state index in [1.165, 1.54) is 11.1 Å². The Kier molecular flexibility index (Phi) is 3.75. The molecule has 0 saturated heterocycles. The Hall–Kier alpha value is -0.540. The minimum Gasteiger partial charge on any atom is -0.508 e. The third-order valence-corrected chi connectivity index (χ3v) is 2.30. The molecule has 1 aromatic carbocycles. The molecule has 0 unspecified atom stereocenters. The number of aromatic hydroxyl groups is 1. The number of hydrogen-bond acceptors (Lipinski definition) is 2. The largest absolute Gasteiger partial charge is 0.508 e. The lowest BCUT2D eigenvalue weighted by atomic mass is 10.0. The molecule has 0 aliphatic carbocycles. The average molecular weight is 244 g/mol. The SMILES string of the molecule is Br.Oc1ccc2c(c1)CCCNC2. The van der Waals surface area contributed by atoms with Gasteiger partial charge in [-0.3, -0.25) is 0 Å². The molecular formula is C10H14BrNO. The number of nitrogens with one attached hydrogen (secondary N) is 1. The molecule has 2 nitrogen and oxygen atoms in total. The van der Waals surface area contributed by atoms with Crippen LogP contribution in [0.2, 0.25) is 0 Å². The van der Waals surface area contributed by atoms with Gasteiger partial charge in [-0.05, 0) is 42.6 Å². The molecule has 0 atom stereocenters. The number of fused-ring (bicyclic) bond motifs is 1. The van der Waals surface area contributed by atoms with Crippen molar-refractivity contribution in [1.82, 2.24) is 5.32 Å². The first kappa shape index (κ1) is 10.5. The van der Waals surface area contributed by atoms with E-state index in [0.29, 0.717) is 5.75 Å². The fourth-order valence-electron chi connectivity index (χ4n) is 1.64. The Labute approximate surface area is 88.7 Å². The maximum Gasteiger partial charge on any atom is 0.115 e. The summed E-state index contributed by atoms with van der Waals surface area (Å²) >= 11 is 0. The van der Waals surface area contributed by atoms with Gasteiger partial charge in [0.15, 0.2) is 0 Å². The molecule has 0 aromatic heterocycles. The second-order valence-corrected chi connectivity index (χ2v) is 3.23. The van der Waals surface area contributed by atoms with Crippen LogP contribution in [0.3, 0.4) is 0 Å². The van der Waals surface area contributed by atoms with E-state index in [0.717, 1.165) is 25.9 Å². The molecule has 0 bridgehead atoms. The summed E-state index contributed by atoms with van der Waals surface area (Å²) in [5, 5.41) is 12.6. The molecule has 2 rings (SSSR count). The summed E-state index contributed by atoms with van der Waals surface area (Å²) in [4.78, 5) is 0. The van der Waals surface area contributed by atoms with Gasteiger partial charge >= 0.3 is 0 Å². The lowest BCUT2D eigenvalue weighted by molar-refractivity contribution is 0.474. The Morgan fingerprint density at radius 3 is 2.92 bits per heavy atom. The number of phenols is 1. The zero-order valence-corrected chi connectivity index (χ0v) is 9.13. The Bertz CT molecular complexity index is 288. The maximum atomic E-state index is 9.26. The minimum atomic E-state index is 0. The van der Waals surface area contributed by atoms with Gasteiger partial charge in [-0.1, -0.05) is 6.07 Å². The first-order chi connectivity index (χ1) is 5.86. The fourth-order valence-corrected chi connectivity index (χ4v) is 1.64. The maximum absolute atomic E-state index is 9.26. The standard InChI is InChI=1S/C10H13NO.BrH/c12-10-4-3-9-7-11-5-1-2-8(9)6-10;/h3-4,6,11-12H,1-2,5,7H2;1H. The zero-order chi connectivity index (χ0) is 8.39. The molecule has 1 aliphatic rings. The molecule has 3 heteroatoms. The smallest absolute Gasteiger partial charge is 0.115 e. The van der Waals surface area contributed by atoms with Crippen molar-refractivity contribution in [3.63, 3.8) is 0 Å². The van der Waals surface area contributed by atoms with Gasteiger partial charge in [0.25, 0.3) is 0 Å². The van der Waals surface area contributed by atoms with Gasteiger partial charge in [-0.2, -0.15) is 0 Å². The molecule has 0 amide bonds. The van der Waals surface area contributed by atoms with Crippen LogP contribution < -0.4 is 5.32 Å². The molecule has 0 spiro atoms. The van der Waals surface area contributed by atoms with Gasteiger partial charge in [0.2, 0.25) is 0 Å². The van der Waals surface area contributed by atoms with E-state index in [-0.39, 0.29) is 17.0 Å². The van der Waals surface area contributed by atoms with Crippen molar-refractivity contribution in [2.45, 2.75) is 19.4 Å². The summed E-state index contributed by atoms with van der Waals surface area (Å²) in [6.45, 7) is 2.02. The van der Waals surface area contributed by atoms with Gasteiger partial charge in [-0.15, -0.1) is 17.0 Å². The van der Waals surface area contributed by atoms with E-state index >= 15 is 0 Å². The molecular weight excluding hydrogens is 230 g/mol.